The summed E-state index contributed by atoms with van der Waals surface area (Å²) in [7, 11) is 2.02. The second kappa shape index (κ2) is 7.85. The number of hydrogen-bond acceptors (Lipinski definition) is 4. The molecule has 126 valence electrons. The van der Waals surface area contributed by atoms with Crippen molar-refractivity contribution in [3.63, 3.8) is 0 Å². The van der Waals surface area contributed by atoms with Crippen LogP contribution in [0.2, 0.25) is 0 Å². The number of carbonyl (C=O) groups is 2. The maximum absolute atomic E-state index is 12.5. The Hall–Kier alpha value is -2.24. The van der Waals surface area contributed by atoms with Gasteiger partial charge in [0, 0.05) is 51.0 Å². The zero-order valence-corrected chi connectivity index (χ0v) is 14.1. The molecule has 0 aromatic heterocycles. The Bertz CT molecular complexity index is 537. The molecule has 1 fully saturated rings. The van der Waals surface area contributed by atoms with Gasteiger partial charge in [0.15, 0.2) is 0 Å². The average Bonchev–Trinajstić information content (AvgIpc) is 2.61. The summed E-state index contributed by atoms with van der Waals surface area (Å²) in [4.78, 5) is 29.7. The highest BCUT2D eigenvalue weighted by atomic mass is 16.6. The average molecular weight is 319 g/mol. The van der Waals surface area contributed by atoms with Gasteiger partial charge in [-0.05, 0) is 38.1 Å². The fraction of sp³-hybridized carbons (Fsp3) is 0.529. The smallest absolute Gasteiger partial charge is 0.409 e. The van der Waals surface area contributed by atoms with E-state index in [1.54, 1.807) is 16.7 Å². The molecule has 1 aromatic carbocycles. The van der Waals surface area contributed by atoms with Crippen molar-refractivity contribution in [2.45, 2.75) is 13.8 Å². The molecule has 0 bridgehead atoms. The van der Waals surface area contributed by atoms with Gasteiger partial charge in [0.2, 0.25) is 0 Å². The van der Waals surface area contributed by atoms with Gasteiger partial charge in [0.25, 0.3) is 5.91 Å². The van der Waals surface area contributed by atoms with Crippen LogP contribution in [-0.4, -0.2) is 68.2 Å². The molecule has 6 heteroatoms. The molecule has 0 N–H and O–H groups in total. The zero-order chi connectivity index (χ0) is 16.8. The minimum atomic E-state index is -0.299. The van der Waals surface area contributed by atoms with Crippen LogP contribution in [0.4, 0.5) is 10.5 Å². The Balaban J connectivity index is 1.93. The number of nitrogens with zero attached hydrogens (tertiary/aromatic N) is 3. The molecular weight excluding hydrogens is 294 g/mol. The van der Waals surface area contributed by atoms with Crippen LogP contribution in [0.15, 0.2) is 24.3 Å². The fourth-order valence-electron chi connectivity index (χ4n) is 2.53. The molecule has 0 unspecified atom stereocenters. The molecule has 1 aliphatic heterocycles. The van der Waals surface area contributed by atoms with Gasteiger partial charge in [0.05, 0.1) is 6.61 Å². The molecule has 23 heavy (non-hydrogen) atoms. The lowest BCUT2D eigenvalue weighted by atomic mass is 10.1. The van der Waals surface area contributed by atoms with Gasteiger partial charge >= 0.3 is 6.09 Å². The zero-order valence-electron chi connectivity index (χ0n) is 14.1. The number of benzene rings is 1. The first-order chi connectivity index (χ1) is 11.1. The van der Waals surface area contributed by atoms with E-state index < -0.39 is 0 Å². The summed E-state index contributed by atoms with van der Waals surface area (Å²) in [5.74, 6) is 0.0132. The molecule has 0 atom stereocenters. The van der Waals surface area contributed by atoms with Crippen molar-refractivity contribution in [3.8, 4) is 0 Å². The molecule has 0 spiro atoms. The molecule has 2 amide bonds. The quantitative estimate of drug-likeness (QED) is 0.852. The first-order valence-electron chi connectivity index (χ1n) is 8.09. The number of rotatable bonds is 4. The summed E-state index contributed by atoms with van der Waals surface area (Å²) < 4.78 is 4.99. The van der Waals surface area contributed by atoms with Crippen LogP contribution in [0.3, 0.4) is 0 Å². The van der Waals surface area contributed by atoms with Crippen LogP contribution < -0.4 is 4.90 Å². The Morgan fingerprint density at radius 2 is 1.61 bits per heavy atom. The summed E-state index contributed by atoms with van der Waals surface area (Å²) in [6, 6.07) is 7.65. The molecule has 0 radical (unpaired) electrons. The first-order valence-corrected chi connectivity index (χ1v) is 8.09. The number of carbonyl (C=O) groups excluding carboxylic acids is 2. The van der Waals surface area contributed by atoms with E-state index in [9.17, 15) is 9.59 Å². The van der Waals surface area contributed by atoms with Crippen LogP contribution in [0, 0.1) is 0 Å². The Morgan fingerprint density at radius 3 is 2.13 bits per heavy atom. The van der Waals surface area contributed by atoms with Gasteiger partial charge in [0.1, 0.15) is 0 Å². The van der Waals surface area contributed by atoms with Crippen molar-refractivity contribution < 1.29 is 14.3 Å². The molecular formula is C17H25N3O3. The van der Waals surface area contributed by atoms with Gasteiger partial charge in [-0.2, -0.15) is 0 Å². The topological polar surface area (TPSA) is 53.1 Å². The van der Waals surface area contributed by atoms with E-state index in [1.165, 1.54) is 0 Å². The van der Waals surface area contributed by atoms with Crippen molar-refractivity contribution in [2.24, 2.45) is 0 Å². The SMILES string of the molecule is CCOC(=O)N1CCN(C(=O)c2ccc(N(C)CC)cc2)CC1. The molecule has 6 nitrogen and oxygen atoms in total. The Kier molecular flexibility index (Phi) is 5.84. The number of piperazine rings is 1. The third-order valence-corrected chi connectivity index (χ3v) is 4.12. The summed E-state index contributed by atoms with van der Waals surface area (Å²) in [6.07, 6.45) is -0.299. The molecule has 0 aliphatic carbocycles. The van der Waals surface area contributed by atoms with E-state index in [-0.39, 0.29) is 12.0 Å². The van der Waals surface area contributed by atoms with Crippen LogP contribution in [-0.2, 0) is 4.74 Å². The summed E-state index contributed by atoms with van der Waals surface area (Å²) in [6.45, 7) is 7.27. The summed E-state index contributed by atoms with van der Waals surface area (Å²) in [5.41, 5.74) is 1.78. The third-order valence-electron chi connectivity index (χ3n) is 4.12. The number of amides is 2. The van der Waals surface area contributed by atoms with Crippen molar-refractivity contribution in [1.82, 2.24) is 9.80 Å². The minimum absolute atomic E-state index is 0.0132. The van der Waals surface area contributed by atoms with Crippen LogP contribution in [0.25, 0.3) is 0 Å². The predicted molar refractivity (Wildman–Crippen MR) is 89.9 cm³/mol. The third kappa shape index (κ3) is 4.15. The standard InChI is InChI=1S/C17H25N3O3/c1-4-18(3)15-8-6-14(7-9-15)16(21)19-10-12-20(13-11-19)17(22)23-5-2/h6-9H,4-5,10-13H2,1-3H3. The first kappa shape index (κ1) is 17.1. The van der Waals surface area contributed by atoms with Gasteiger partial charge in [-0.25, -0.2) is 4.79 Å². The highest BCUT2D eigenvalue weighted by Crippen LogP contribution is 2.16. The monoisotopic (exact) mass is 319 g/mol. The molecule has 1 saturated heterocycles. The van der Waals surface area contributed by atoms with E-state index >= 15 is 0 Å². The van der Waals surface area contributed by atoms with E-state index in [0.717, 1.165) is 12.2 Å². The van der Waals surface area contributed by atoms with Gasteiger partial charge in [-0.1, -0.05) is 0 Å². The number of anilines is 1. The summed E-state index contributed by atoms with van der Waals surface area (Å²) in [5, 5.41) is 0. The lowest BCUT2D eigenvalue weighted by molar-refractivity contribution is 0.0570. The predicted octanol–water partition coefficient (Wildman–Crippen LogP) is 2.06. The Labute approximate surface area is 137 Å². The highest BCUT2D eigenvalue weighted by Gasteiger charge is 2.25. The second-order valence-corrected chi connectivity index (χ2v) is 5.54. The largest absolute Gasteiger partial charge is 0.450 e. The lowest BCUT2D eigenvalue weighted by Gasteiger charge is -2.34. The van der Waals surface area contributed by atoms with Gasteiger partial charge < -0.3 is 19.4 Å². The van der Waals surface area contributed by atoms with Crippen molar-refractivity contribution >= 4 is 17.7 Å². The molecule has 2 rings (SSSR count). The molecule has 1 aromatic rings. The van der Waals surface area contributed by atoms with Crippen LogP contribution in [0.5, 0.6) is 0 Å². The van der Waals surface area contributed by atoms with Gasteiger partial charge in [-0.3, -0.25) is 4.79 Å². The van der Waals surface area contributed by atoms with Gasteiger partial charge in [-0.15, -0.1) is 0 Å². The summed E-state index contributed by atoms with van der Waals surface area (Å²) >= 11 is 0. The van der Waals surface area contributed by atoms with Crippen molar-refractivity contribution in [3.05, 3.63) is 29.8 Å². The highest BCUT2D eigenvalue weighted by molar-refractivity contribution is 5.94. The Morgan fingerprint density at radius 1 is 1.04 bits per heavy atom. The van der Waals surface area contributed by atoms with E-state index in [4.69, 9.17) is 4.74 Å². The minimum Gasteiger partial charge on any atom is -0.450 e. The van der Waals surface area contributed by atoms with Crippen LogP contribution in [0.1, 0.15) is 24.2 Å². The van der Waals surface area contributed by atoms with Crippen molar-refractivity contribution in [1.29, 1.82) is 0 Å². The second-order valence-electron chi connectivity index (χ2n) is 5.54. The lowest BCUT2D eigenvalue weighted by Crippen LogP contribution is -2.50. The maximum atomic E-state index is 12.5. The van der Waals surface area contributed by atoms with E-state index in [1.807, 2.05) is 31.3 Å². The van der Waals surface area contributed by atoms with E-state index in [0.29, 0.717) is 38.3 Å². The van der Waals surface area contributed by atoms with Crippen LogP contribution >= 0.6 is 0 Å². The maximum Gasteiger partial charge on any atom is 0.409 e. The molecule has 0 saturated carbocycles. The normalized spacial score (nSPS) is 14.6. The molecule has 1 aliphatic rings. The number of ether oxygens (including phenoxy) is 1. The van der Waals surface area contributed by atoms with Crippen molar-refractivity contribution in [2.75, 3.05) is 51.3 Å². The molecule has 1 heterocycles. The number of hydrogen-bond donors (Lipinski definition) is 0. The van der Waals surface area contributed by atoms with E-state index in [2.05, 4.69) is 11.8 Å². The fourth-order valence-corrected chi connectivity index (χ4v) is 2.53.